The molecular weight excluding hydrogens is 337 g/mol. The fourth-order valence-electron chi connectivity index (χ4n) is 2.29. The Kier molecular flexibility index (Phi) is 7.41. The Labute approximate surface area is 139 Å². The van der Waals surface area contributed by atoms with E-state index in [1.807, 2.05) is 6.07 Å². The van der Waals surface area contributed by atoms with Crippen molar-refractivity contribution in [2.75, 3.05) is 6.54 Å². The number of aryl methyl sites for hydroxylation is 2. The average molecular weight is 360 g/mol. The summed E-state index contributed by atoms with van der Waals surface area (Å²) in [6.07, 6.45) is 6.60. The maximum atomic E-state index is 9.01. The van der Waals surface area contributed by atoms with Crippen LogP contribution in [0.15, 0.2) is 66.7 Å². The van der Waals surface area contributed by atoms with Gasteiger partial charge in [-0.1, -0.05) is 0 Å². The van der Waals surface area contributed by atoms with Crippen LogP contribution in [0.2, 0.25) is 4.82 Å². The Morgan fingerprint density at radius 3 is 2.55 bits per heavy atom. The van der Waals surface area contributed by atoms with Crippen molar-refractivity contribution >= 4 is 19.4 Å². The molecule has 0 heterocycles. The third-order valence-electron chi connectivity index (χ3n) is 3.52. The Morgan fingerprint density at radius 1 is 1.09 bits per heavy atom. The molecule has 0 aliphatic heterocycles. The Bertz CT molecular complexity index is 583. The van der Waals surface area contributed by atoms with Crippen LogP contribution in [-0.2, 0) is 6.42 Å². The van der Waals surface area contributed by atoms with E-state index in [1.165, 1.54) is 15.6 Å². The molecule has 0 aliphatic rings. The fraction of sp³-hybridized carbons (Fsp3) is 0.263. The van der Waals surface area contributed by atoms with Crippen LogP contribution in [0, 0.1) is 6.92 Å². The van der Waals surface area contributed by atoms with Crippen LogP contribution in [0.1, 0.15) is 17.5 Å². The molecule has 1 atom stereocenters. The summed E-state index contributed by atoms with van der Waals surface area (Å²) in [7, 11) is 0. The number of rotatable bonds is 8. The molecule has 2 N–H and O–H groups in total. The van der Waals surface area contributed by atoms with Gasteiger partial charge < -0.3 is 0 Å². The standard InChI is InChI=1S/C19H23NOSe/c1-16-9-5-6-10-17(16)11-7-8-14-19(15-20-21)22-18-12-3-2-4-13-18/h2-6,8-10,12-14,19-21H,7,11,15H2,1H3/b14-8+. The first-order chi connectivity index (χ1) is 10.8. The zero-order chi connectivity index (χ0) is 15.6. The molecule has 0 aliphatic carbocycles. The summed E-state index contributed by atoms with van der Waals surface area (Å²) in [4.78, 5) is 0.372. The minimum absolute atomic E-state index is 0.330. The van der Waals surface area contributed by atoms with Crippen molar-refractivity contribution in [3.8, 4) is 0 Å². The van der Waals surface area contributed by atoms with Crippen LogP contribution in [-0.4, -0.2) is 26.7 Å². The minimum atomic E-state index is 0.330. The molecule has 0 spiro atoms. The molecule has 2 rings (SSSR count). The number of hydroxylamine groups is 1. The molecular formula is C19H23NOSe. The second kappa shape index (κ2) is 9.60. The monoisotopic (exact) mass is 361 g/mol. The van der Waals surface area contributed by atoms with E-state index in [0.29, 0.717) is 26.3 Å². The predicted molar refractivity (Wildman–Crippen MR) is 94.0 cm³/mol. The molecule has 2 aromatic rings. The summed E-state index contributed by atoms with van der Waals surface area (Å²) in [5.74, 6) is 0. The Hall–Kier alpha value is -1.38. The molecule has 0 saturated carbocycles. The molecule has 0 bridgehead atoms. The van der Waals surface area contributed by atoms with Crippen molar-refractivity contribution in [3.05, 3.63) is 77.9 Å². The van der Waals surface area contributed by atoms with Gasteiger partial charge in [0.15, 0.2) is 0 Å². The van der Waals surface area contributed by atoms with Crippen LogP contribution < -0.4 is 9.94 Å². The molecule has 0 saturated heterocycles. The van der Waals surface area contributed by atoms with Gasteiger partial charge in [-0.3, -0.25) is 0 Å². The molecule has 0 radical (unpaired) electrons. The number of benzene rings is 2. The third-order valence-corrected chi connectivity index (χ3v) is 5.97. The zero-order valence-corrected chi connectivity index (χ0v) is 14.6. The number of nitrogens with one attached hydrogen (secondary N) is 1. The topological polar surface area (TPSA) is 32.3 Å². The van der Waals surface area contributed by atoms with Gasteiger partial charge in [0, 0.05) is 0 Å². The van der Waals surface area contributed by atoms with E-state index in [4.69, 9.17) is 5.21 Å². The van der Waals surface area contributed by atoms with E-state index < -0.39 is 0 Å². The second-order valence-electron chi connectivity index (χ2n) is 5.22. The van der Waals surface area contributed by atoms with Gasteiger partial charge in [-0.25, -0.2) is 0 Å². The second-order valence-corrected chi connectivity index (χ2v) is 7.98. The maximum absolute atomic E-state index is 9.01. The van der Waals surface area contributed by atoms with Gasteiger partial charge in [0.2, 0.25) is 0 Å². The van der Waals surface area contributed by atoms with Gasteiger partial charge in [-0.2, -0.15) is 0 Å². The Morgan fingerprint density at radius 2 is 1.82 bits per heavy atom. The third kappa shape index (κ3) is 5.78. The van der Waals surface area contributed by atoms with Crippen molar-refractivity contribution in [2.45, 2.75) is 24.6 Å². The van der Waals surface area contributed by atoms with E-state index in [2.05, 4.69) is 73.1 Å². The van der Waals surface area contributed by atoms with Crippen LogP contribution in [0.5, 0.6) is 0 Å². The van der Waals surface area contributed by atoms with Gasteiger partial charge in [0.05, 0.1) is 0 Å². The number of allylic oxidation sites excluding steroid dienone is 1. The first kappa shape index (κ1) is 17.0. The Balaban J connectivity index is 1.86. The van der Waals surface area contributed by atoms with E-state index in [9.17, 15) is 0 Å². The summed E-state index contributed by atoms with van der Waals surface area (Å²) in [6.45, 7) is 2.77. The van der Waals surface area contributed by atoms with Crippen molar-refractivity contribution < 1.29 is 5.21 Å². The van der Waals surface area contributed by atoms with Gasteiger partial charge in [-0.05, 0) is 0 Å². The van der Waals surface area contributed by atoms with Crippen molar-refractivity contribution in [1.82, 2.24) is 5.48 Å². The molecule has 2 nitrogen and oxygen atoms in total. The normalized spacial score (nSPS) is 12.6. The first-order valence-corrected chi connectivity index (χ1v) is 9.44. The summed E-state index contributed by atoms with van der Waals surface area (Å²) >= 11 is 0.330. The number of hydrogen-bond acceptors (Lipinski definition) is 2. The molecule has 0 amide bonds. The quantitative estimate of drug-likeness (QED) is 0.430. The van der Waals surface area contributed by atoms with E-state index in [0.717, 1.165) is 12.8 Å². The summed E-state index contributed by atoms with van der Waals surface area (Å²) in [5, 5.41) is 9.01. The van der Waals surface area contributed by atoms with E-state index in [-0.39, 0.29) is 0 Å². The van der Waals surface area contributed by atoms with Gasteiger partial charge in [-0.15, -0.1) is 0 Å². The van der Waals surface area contributed by atoms with Gasteiger partial charge in [0.1, 0.15) is 0 Å². The predicted octanol–water partition coefficient (Wildman–Crippen LogP) is 3.28. The van der Waals surface area contributed by atoms with Gasteiger partial charge in [0.25, 0.3) is 0 Å². The van der Waals surface area contributed by atoms with Crippen molar-refractivity contribution in [3.63, 3.8) is 0 Å². The van der Waals surface area contributed by atoms with Crippen molar-refractivity contribution in [1.29, 1.82) is 0 Å². The van der Waals surface area contributed by atoms with Crippen LogP contribution >= 0.6 is 0 Å². The zero-order valence-electron chi connectivity index (χ0n) is 12.9. The summed E-state index contributed by atoms with van der Waals surface area (Å²) in [6, 6.07) is 19.0. The van der Waals surface area contributed by atoms with Crippen LogP contribution in [0.25, 0.3) is 0 Å². The first-order valence-electron chi connectivity index (χ1n) is 7.59. The van der Waals surface area contributed by atoms with E-state index >= 15 is 0 Å². The van der Waals surface area contributed by atoms with Crippen molar-refractivity contribution in [2.24, 2.45) is 0 Å². The molecule has 116 valence electrons. The average Bonchev–Trinajstić information content (AvgIpc) is 2.54. The van der Waals surface area contributed by atoms with E-state index in [1.54, 1.807) is 0 Å². The molecule has 1 unspecified atom stereocenters. The van der Waals surface area contributed by atoms with Crippen LogP contribution in [0.4, 0.5) is 0 Å². The summed E-state index contributed by atoms with van der Waals surface area (Å²) < 4.78 is 1.36. The molecule has 2 aromatic carbocycles. The fourth-order valence-corrected chi connectivity index (χ4v) is 4.41. The molecule has 22 heavy (non-hydrogen) atoms. The molecule has 3 heteroatoms. The van der Waals surface area contributed by atoms with Crippen LogP contribution in [0.3, 0.4) is 0 Å². The molecule has 0 aromatic heterocycles. The molecule has 0 fully saturated rings. The summed E-state index contributed by atoms with van der Waals surface area (Å²) in [5.41, 5.74) is 5.09. The number of hydrogen-bond donors (Lipinski definition) is 2. The SMILES string of the molecule is Cc1ccccc1CC/C=C/C(CNO)[Se]c1ccccc1. The van der Waals surface area contributed by atoms with Gasteiger partial charge >= 0.3 is 139 Å².